The van der Waals surface area contributed by atoms with E-state index in [-0.39, 0.29) is 0 Å². The number of hydrogen-bond acceptors (Lipinski definition) is 1. The van der Waals surface area contributed by atoms with Gasteiger partial charge in [-0.25, -0.2) is 4.98 Å². The van der Waals surface area contributed by atoms with Gasteiger partial charge in [-0.15, -0.1) is 0 Å². The molecule has 0 fully saturated rings. The lowest BCUT2D eigenvalue weighted by Crippen LogP contribution is -1.85. The zero-order valence-corrected chi connectivity index (χ0v) is 10.0. The molecule has 18 heavy (non-hydrogen) atoms. The van der Waals surface area contributed by atoms with Gasteiger partial charge in [-0.1, -0.05) is 55.1 Å². The lowest BCUT2D eigenvalue weighted by Gasteiger charge is -2.04. The Morgan fingerprint density at radius 1 is 0.889 bits per heavy atom. The minimum atomic E-state index is 0.998. The topological polar surface area (TPSA) is 12.9 Å². The van der Waals surface area contributed by atoms with Crippen LogP contribution in [0.15, 0.2) is 67.2 Å². The van der Waals surface area contributed by atoms with E-state index in [1.165, 1.54) is 5.39 Å². The van der Waals surface area contributed by atoms with Crippen molar-refractivity contribution in [2.45, 2.75) is 0 Å². The largest absolute Gasteiger partial charge is 0.248 e. The molecule has 0 saturated carbocycles. The Hall–Kier alpha value is -2.41. The van der Waals surface area contributed by atoms with E-state index in [2.05, 4.69) is 41.9 Å². The maximum absolute atomic E-state index is 4.69. The molecule has 0 aliphatic heterocycles. The van der Waals surface area contributed by atoms with Crippen molar-refractivity contribution in [1.82, 2.24) is 4.98 Å². The number of hydrogen-bond donors (Lipinski definition) is 0. The van der Waals surface area contributed by atoms with Crippen molar-refractivity contribution in [3.05, 3.63) is 72.8 Å². The van der Waals surface area contributed by atoms with E-state index < -0.39 is 0 Å². The fourth-order valence-electron chi connectivity index (χ4n) is 2.05. The van der Waals surface area contributed by atoms with Gasteiger partial charge in [-0.05, 0) is 23.8 Å². The molecule has 3 aromatic rings. The molecule has 1 nitrogen and oxygen atoms in total. The second-order valence-corrected chi connectivity index (χ2v) is 4.22. The van der Waals surface area contributed by atoms with Crippen molar-refractivity contribution >= 4 is 17.0 Å². The normalized spacial score (nSPS) is 10.4. The van der Waals surface area contributed by atoms with Crippen molar-refractivity contribution in [2.24, 2.45) is 0 Å². The van der Waals surface area contributed by atoms with Gasteiger partial charge >= 0.3 is 0 Å². The molecule has 0 saturated heterocycles. The summed E-state index contributed by atoms with van der Waals surface area (Å²) in [5, 5.41) is 1.17. The number of pyridine rings is 1. The van der Waals surface area contributed by atoms with Crippen molar-refractivity contribution in [2.75, 3.05) is 0 Å². The quantitative estimate of drug-likeness (QED) is 0.630. The highest BCUT2D eigenvalue weighted by Crippen LogP contribution is 2.22. The number of nitrogens with zero attached hydrogens (tertiary/aromatic N) is 1. The van der Waals surface area contributed by atoms with E-state index in [4.69, 9.17) is 0 Å². The fraction of sp³-hybridized carbons (Fsp3) is 0. The highest BCUT2D eigenvalue weighted by atomic mass is 14.7. The molecule has 2 aromatic carbocycles. The monoisotopic (exact) mass is 231 g/mol. The number of benzene rings is 2. The summed E-state index contributed by atoms with van der Waals surface area (Å²) in [5.41, 5.74) is 4.26. The smallest absolute Gasteiger partial charge is 0.0709 e. The molecule has 1 heterocycles. The van der Waals surface area contributed by atoms with Crippen LogP contribution in [-0.2, 0) is 0 Å². The van der Waals surface area contributed by atoms with Gasteiger partial charge in [0.2, 0.25) is 0 Å². The van der Waals surface area contributed by atoms with Crippen molar-refractivity contribution in [3.8, 4) is 11.3 Å². The fourth-order valence-corrected chi connectivity index (χ4v) is 2.05. The molecule has 0 spiro atoms. The lowest BCUT2D eigenvalue weighted by molar-refractivity contribution is 1.40. The van der Waals surface area contributed by atoms with Crippen LogP contribution in [-0.4, -0.2) is 4.98 Å². The van der Waals surface area contributed by atoms with Gasteiger partial charge in [0.25, 0.3) is 0 Å². The maximum atomic E-state index is 4.69. The molecule has 0 atom stereocenters. The van der Waals surface area contributed by atoms with Gasteiger partial charge in [0.15, 0.2) is 0 Å². The van der Waals surface area contributed by atoms with Crippen LogP contribution in [0.2, 0.25) is 0 Å². The summed E-state index contributed by atoms with van der Waals surface area (Å²) in [6.07, 6.45) is 1.85. The van der Waals surface area contributed by atoms with Crippen LogP contribution in [0.3, 0.4) is 0 Å². The minimum absolute atomic E-state index is 0.998. The molecule has 0 aliphatic rings. The number of para-hydroxylation sites is 1. The van der Waals surface area contributed by atoms with E-state index in [1.54, 1.807) is 0 Å². The van der Waals surface area contributed by atoms with Crippen molar-refractivity contribution < 1.29 is 0 Å². The van der Waals surface area contributed by atoms with Gasteiger partial charge in [0, 0.05) is 10.9 Å². The van der Waals surface area contributed by atoms with Crippen LogP contribution in [0.4, 0.5) is 0 Å². The number of aromatic nitrogens is 1. The van der Waals surface area contributed by atoms with Gasteiger partial charge in [-0.3, -0.25) is 0 Å². The summed E-state index contributed by atoms with van der Waals surface area (Å²) in [4.78, 5) is 4.69. The third-order valence-corrected chi connectivity index (χ3v) is 3.02. The Kier molecular flexibility index (Phi) is 2.66. The summed E-state index contributed by atoms with van der Waals surface area (Å²) >= 11 is 0. The summed E-state index contributed by atoms with van der Waals surface area (Å²) in [6, 6.07) is 20.6. The lowest BCUT2D eigenvalue weighted by atomic mass is 10.1. The van der Waals surface area contributed by atoms with Crippen LogP contribution in [0.25, 0.3) is 28.2 Å². The van der Waals surface area contributed by atoms with E-state index >= 15 is 0 Å². The zero-order valence-electron chi connectivity index (χ0n) is 10.0. The molecule has 86 valence electrons. The third-order valence-electron chi connectivity index (χ3n) is 3.02. The second-order valence-electron chi connectivity index (χ2n) is 4.22. The van der Waals surface area contributed by atoms with Crippen LogP contribution in [0.1, 0.15) is 5.56 Å². The molecule has 0 N–H and O–H groups in total. The molecule has 3 rings (SSSR count). The Bertz CT molecular complexity index is 713. The van der Waals surface area contributed by atoms with Crippen molar-refractivity contribution in [1.29, 1.82) is 0 Å². The summed E-state index contributed by atoms with van der Waals surface area (Å²) in [5.74, 6) is 0. The van der Waals surface area contributed by atoms with Crippen LogP contribution >= 0.6 is 0 Å². The van der Waals surface area contributed by atoms with Crippen LogP contribution in [0.5, 0.6) is 0 Å². The van der Waals surface area contributed by atoms with Gasteiger partial charge in [-0.2, -0.15) is 0 Å². The van der Waals surface area contributed by atoms with E-state index in [0.717, 1.165) is 22.3 Å². The molecule has 0 radical (unpaired) electrons. The Labute approximate surface area is 106 Å². The number of fused-ring (bicyclic) bond motifs is 1. The van der Waals surface area contributed by atoms with Crippen LogP contribution in [0, 0.1) is 0 Å². The first-order valence-corrected chi connectivity index (χ1v) is 5.95. The van der Waals surface area contributed by atoms with Gasteiger partial charge in [0.1, 0.15) is 0 Å². The maximum Gasteiger partial charge on any atom is 0.0709 e. The molecular weight excluding hydrogens is 218 g/mol. The molecule has 1 aromatic heterocycles. The Balaban J connectivity index is 2.15. The molecule has 0 bridgehead atoms. The van der Waals surface area contributed by atoms with Gasteiger partial charge < -0.3 is 0 Å². The average molecular weight is 231 g/mol. The van der Waals surface area contributed by atoms with Crippen LogP contribution < -0.4 is 0 Å². The van der Waals surface area contributed by atoms with Gasteiger partial charge in [0.05, 0.1) is 11.2 Å². The summed E-state index contributed by atoms with van der Waals surface area (Å²) in [7, 11) is 0. The SMILES string of the molecule is C=Cc1cccc(-c2ccc3ccccc3n2)c1. The molecule has 0 aliphatic carbocycles. The first kappa shape index (κ1) is 10.7. The third kappa shape index (κ3) is 1.91. The molecule has 1 heteroatoms. The van der Waals surface area contributed by atoms with E-state index in [0.29, 0.717) is 0 Å². The zero-order chi connectivity index (χ0) is 12.4. The average Bonchev–Trinajstić information content (AvgIpc) is 2.47. The predicted octanol–water partition coefficient (Wildman–Crippen LogP) is 4.54. The molecule has 0 unspecified atom stereocenters. The first-order chi connectivity index (χ1) is 8.86. The van der Waals surface area contributed by atoms with Crippen molar-refractivity contribution in [3.63, 3.8) is 0 Å². The minimum Gasteiger partial charge on any atom is -0.248 e. The first-order valence-electron chi connectivity index (χ1n) is 5.95. The highest BCUT2D eigenvalue weighted by Gasteiger charge is 2.01. The predicted molar refractivity (Wildman–Crippen MR) is 77.3 cm³/mol. The standard InChI is InChI=1S/C17H13N/c1-2-13-6-5-8-15(12-13)17-11-10-14-7-3-4-9-16(14)18-17/h2-12H,1H2. The molecular formula is C17H13N. The Morgan fingerprint density at radius 3 is 2.67 bits per heavy atom. The van der Waals surface area contributed by atoms with E-state index in [1.807, 2.05) is 36.4 Å². The summed E-state index contributed by atoms with van der Waals surface area (Å²) < 4.78 is 0. The molecule has 0 amide bonds. The Morgan fingerprint density at radius 2 is 1.78 bits per heavy atom. The summed E-state index contributed by atoms with van der Waals surface area (Å²) in [6.45, 7) is 3.80. The van der Waals surface area contributed by atoms with E-state index in [9.17, 15) is 0 Å². The highest BCUT2D eigenvalue weighted by molar-refractivity contribution is 5.81. The number of rotatable bonds is 2. The second kappa shape index (κ2) is 4.46.